The first-order valence-corrected chi connectivity index (χ1v) is 7.22. The van der Waals surface area contributed by atoms with Crippen molar-refractivity contribution in [3.8, 4) is 11.4 Å². The average Bonchev–Trinajstić information content (AvgIpc) is 2.69. The Morgan fingerprint density at radius 2 is 1.89 bits per heavy atom. The quantitative estimate of drug-likeness (QED) is 0.836. The summed E-state index contributed by atoms with van der Waals surface area (Å²) in [6.45, 7) is 8.04. The fraction of sp³-hybridized carbons (Fsp3) is 0.462. The molecule has 0 aliphatic heterocycles. The van der Waals surface area contributed by atoms with E-state index in [4.69, 9.17) is 4.52 Å². The van der Waals surface area contributed by atoms with Gasteiger partial charge in [-0.3, -0.25) is 0 Å². The standard InChI is InChI=1S/C13H17IN4O/c1-6(2)11-10(14)13(15-5)17-12(16-11)9-7(3)18-19-8(9)4/h6H,1-5H3,(H,15,16,17). The van der Waals surface area contributed by atoms with Gasteiger partial charge in [0.2, 0.25) is 0 Å². The van der Waals surface area contributed by atoms with E-state index in [-0.39, 0.29) is 0 Å². The summed E-state index contributed by atoms with van der Waals surface area (Å²) in [5.74, 6) is 2.59. The Hall–Kier alpha value is -1.18. The number of aromatic nitrogens is 3. The highest BCUT2D eigenvalue weighted by molar-refractivity contribution is 14.1. The van der Waals surface area contributed by atoms with Crippen molar-refractivity contribution >= 4 is 28.4 Å². The largest absolute Gasteiger partial charge is 0.372 e. The number of hydrogen-bond acceptors (Lipinski definition) is 5. The zero-order valence-corrected chi connectivity index (χ0v) is 13.9. The number of rotatable bonds is 3. The highest BCUT2D eigenvalue weighted by Crippen LogP contribution is 2.30. The second-order valence-corrected chi connectivity index (χ2v) is 5.78. The second kappa shape index (κ2) is 5.44. The summed E-state index contributed by atoms with van der Waals surface area (Å²) in [4.78, 5) is 9.25. The molecule has 2 aromatic heterocycles. The molecule has 19 heavy (non-hydrogen) atoms. The molecule has 102 valence electrons. The maximum atomic E-state index is 5.20. The van der Waals surface area contributed by atoms with Gasteiger partial charge in [-0.25, -0.2) is 9.97 Å². The van der Waals surface area contributed by atoms with Crippen LogP contribution in [0.25, 0.3) is 11.4 Å². The molecule has 2 heterocycles. The van der Waals surface area contributed by atoms with E-state index in [2.05, 4.69) is 56.9 Å². The van der Waals surface area contributed by atoms with Crippen LogP contribution in [0.1, 0.15) is 36.9 Å². The Morgan fingerprint density at radius 3 is 2.37 bits per heavy atom. The highest BCUT2D eigenvalue weighted by Gasteiger charge is 2.19. The molecule has 0 aliphatic carbocycles. The van der Waals surface area contributed by atoms with Gasteiger partial charge in [-0.15, -0.1) is 0 Å². The minimum Gasteiger partial charge on any atom is -0.372 e. The fourth-order valence-electron chi connectivity index (χ4n) is 1.93. The first-order chi connectivity index (χ1) is 8.95. The van der Waals surface area contributed by atoms with Crippen LogP contribution in [0.15, 0.2) is 4.52 Å². The predicted molar refractivity (Wildman–Crippen MR) is 83.4 cm³/mol. The van der Waals surface area contributed by atoms with E-state index < -0.39 is 0 Å². The summed E-state index contributed by atoms with van der Waals surface area (Å²) in [6, 6.07) is 0. The van der Waals surface area contributed by atoms with Crippen LogP contribution in [0.4, 0.5) is 5.82 Å². The van der Waals surface area contributed by atoms with Gasteiger partial charge in [-0.05, 0) is 42.4 Å². The third-order valence-corrected chi connectivity index (χ3v) is 3.98. The van der Waals surface area contributed by atoms with Crippen molar-refractivity contribution in [3.63, 3.8) is 0 Å². The van der Waals surface area contributed by atoms with E-state index >= 15 is 0 Å². The lowest BCUT2D eigenvalue weighted by molar-refractivity contribution is 0.393. The number of anilines is 1. The SMILES string of the molecule is CNc1nc(-c2c(C)noc2C)nc(C(C)C)c1I. The molecule has 0 atom stereocenters. The molecule has 0 aliphatic rings. The van der Waals surface area contributed by atoms with Crippen LogP contribution in [-0.4, -0.2) is 22.2 Å². The van der Waals surface area contributed by atoms with Gasteiger partial charge in [0.05, 0.1) is 20.5 Å². The lowest BCUT2D eigenvalue weighted by atomic mass is 10.1. The third-order valence-electron chi connectivity index (χ3n) is 2.92. The van der Waals surface area contributed by atoms with Crippen LogP contribution in [-0.2, 0) is 0 Å². The Balaban J connectivity index is 2.68. The molecule has 0 spiro atoms. The van der Waals surface area contributed by atoms with Gasteiger partial charge >= 0.3 is 0 Å². The topological polar surface area (TPSA) is 63.8 Å². The molecule has 0 unspecified atom stereocenters. The van der Waals surface area contributed by atoms with Crippen LogP contribution < -0.4 is 5.32 Å². The van der Waals surface area contributed by atoms with E-state index in [9.17, 15) is 0 Å². The van der Waals surface area contributed by atoms with E-state index in [1.807, 2.05) is 20.9 Å². The monoisotopic (exact) mass is 372 g/mol. The molecule has 2 aromatic rings. The van der Waals surface area contributed by atoms with Crippen molar-refractivity contribution in [1.29, 1.82) is 0 Å². The summed E-state index contributed by atoms with van der Waals surface area (Å²) in [5, 5.41) is 7.09. The molecule has 6 heteroatoms. The van der Waals surface area contributed by atoms with Crippen molar-refractivity contribution < 1.29 is 4.52 Å². The van der Waals surface area contributed by atoms with E-state index in [0.29, 0.717) is 11.7 Å². The average molecular weight is 372 g/mol. The first-order valence-electron chi connectivity index (χ1n) is 6.14. The lowest BCUT2D eigenvalue weighted by Gasteiger charge is -2.13. The fourth-order valence-corrected chi connectivity index (χ4v) is 3.06. The van der Waals surface area contributed by atoms with Gasteiger partial charge in [0.15, 0.2) is 5.82 Å². The number of nitrogens with one attached hydrogen (secondary N) is 1. The van der Waals surface area contributed by atoms with Gasteiger partial charge < -0.3 is 9.84 Å². The van der Waals surface area contributed by atoms with Crippen molar-refractivity contribution in [2.75, 3.05) is 12.4 Å². The van der Waals surface area contributed by atoms with Crippen LogP contribution in [0.3, 0.4) is 0 Å². The van der Waals surface area contributed by atoms with Crippen molar-refractivity contribution in [2.24, 2.45) is 0 Å². The Kier molecular flexibility index (Phi) is 4.07. The number of aryl methyl sites for hydroxylation is 2. The smallest absolute Gasteiger partial charge is 0.167 e. The molecule has 0 aromatic carbocycles. The molecular formula is C13H17IN4O. The van der Waals surface area contributed by atoms with Gasteiger partial charge in [-0.1, -0.05) is 19.0 Å². The number of halogens is 1. The summed E-state index contributed by atoms with van der Waals surface area (Å²) >= 11 is 2.28. The number of hydrogen-bond donors (Lipinski definition) is 1. The Labute approximate surface area is 126 Å². The zero-order valence-electron chi connectivity index (χ0n) is 11.7. The molecular weight excluding hydrogens is 355 g/mol. The second-order valence-electron chi connectivity index (χ2n) is 4.70. The summed E-state index contributed by atoms with van der Waals surface area (Å²) in [7, 11) is 1.87. The van der Waals surface area contributed by atoms with Crippen LogP contribution in [0.2, 0.25) is 0 Å². The molecule has 0 bridgehead atoms. The summed E-state index contributed by atoms with van der Waals surface area (Å²) in [5.41, 5.74) is 2.74. The predicted octanol–water partition coefficient (Wildman–Crippen LogP) is 3.52. The van der Waals surface area contributed by atoms with Crippen LogP contribution in [0, 0.1) is 17.4 Å². The van der Waals surface area contributed by atoms with Crippen LogP contribution in [0.5, 0.6) is 0 Å². The number of nitrogens with zero attached hydrogens (tertiary/aromatic N) is 3. The Bertz CT molecular complexity index is 587. The van der Waals surface area contributed by atoms with E-state index in [1.54, 1.807) is 0 Å². The van der Waals surface area contributed by atoms with Crippen molar-refractivity contribution in [3.05, 3.63) is 20.7 Å². The van der Waals surface area contributed by atoms with Gasteiger partial charge in [0, 0.05) is 7.05 Å². The third kappa shape index (κ3) is 2.58. The van der Waals surface area contributed by atoms with E-state index in [0.717, 1.165) is 32.1 Å². The van der Waals surface area contributed by atoms with Gasteiger partial charge in [0.1, 0.15) is 11.6 Å². The molecule has 5 nitrogen and oxygen atoms in total. The summed E-state index contributed by atoms with van der Waals surface area (Å²) in [6.07, 6.45) is 0. The van der Waals surface area contributed by atoms with Crippen LogP contribution >= 0.6 is 22.6 Å². The van der Waals surface area contributed by atoms with E-state index in [1.165, 1.54) is 0 Å². The Morgan fingerprint density at radius 1 is 1.21 bits per heavy atom. The molecule has 0 fully saturated rings. The molecule has 0 radical (unpaired) electrons. The van der Waals surface area contributed by atoms with Crippen molar-refractivity contribution in [1.82, 2.24) is 15.1 Å². The van der Waals surface area contributed by atoms with Gasteiger partial charge in [0.25, 0.3) is 0 Å². The van der Waals surface area contributed by atoms with Crippen molar-refractivity contribution in [2.45, 2.75) is 33.6 Å². The maximum absolute atomic E-state index is 5.20. The van der Waals surface area contributed by atoms with Gasteiger partial charge in [-0.2, -0.15) is 0 Å². The molecule has 0 amide bonds. The highest BCUT2D eigenvalue weighted by atomic mass is 127. The minimum atomic E-state index is 0.334. The minimum absolute atomic E-state index is 0.334. The molecule has 0 saturated carbocycles. The summed E-state index contributed by atoms with van der Waals surface area (Å²) < 4.78 is 6.26. The normalized spacial score (nSPS) is 11.1. The molecule has 1 N–H and O–H groups in total. The lowest BCUT2D eigenvalue weighted by Crippen LogP contribution is -2.07. The maximum Gasteiger partial charge on any atom is 0.167 e. The molecule has 2 rings (SSSR count). The first kappa shape index (κ1) is 14.2. The zero-order chi connectivity index (χ0) is 14.2. The molecule has 0 saturated heterocycles.